The van der Waals surface area contributed by atoms with Crippen LogP contribution in [0, 0.1) is 5.92 Å². The molecule has 144 valence electrons. The number of fused-ring (bicyclic) bond motifs is 1. The number of pyridine rings is 2. The molecule has 3 aromatic heterocycles. The Morgan fingerprint density at radius 1 is 1.07 bits per heavy atom. The molecule has 0 amide bonds. The van der Waals surface area contributed by atoms with E-state index in [2.05, 4.69) is 58.5 Å². The first-order valence-electron chi connectivity index (χ1n) is 9.14. The predicted molar refractivity (Wildman–Crippen MR) is 112 cm³/mol. The average molecular weight is 432 g/mol. The fourth-order valence-corrected chi connectivity index (χ4v) is 3.77. The van der Waals surface area contributed by atoms with Gasteiger partial charge in [0.15, 0.2) is 0 Å². The molecule has 0 aliphatic heterocycles. The number of ether oxygens (including phenoxy) is 2. The molecule has 3 rings (SSSR count). The molecule has 5 nitrogen and oxygen atoms in total. The SMILES string of the molecule is COC[C@@H](C)Cn1cc(Br)c2nc(-c3ccc(C(C)C)nc3OC)ccc21. The van der Waals surface area contributed by atoms with Gasteiger partial charge in [0.1, 0.15) is 5.52 Å². The fourth-order valence-electron chi connectivity index (χ4n) is 3.23. The highest BCUT2D eigenvalue weighted by Gasteiger charge is 2.15. The van der Waals surface area contributed by atoms with Crippen molar-refractivity contribution in [2.45, 2.75) is 33.2 Å². The van der Waals surface area contributed by atoms with Gasteiger partial charge in [-0.05, 0) is 52.0 Å². The predicted octanol–water partition coefficient (Wildman–Crippen LogP) is 5.28. The number of methoxy groups -OCH3 is 2. The van der Waals surface area contributed by atoms with Gasteiger partial charge in [-0.3, -0.25) is 0 Å². The lowest BCUT2D eigenvalue weighted by Gasteiger charge is -2.13. The summed E-state index contributed by atoms with van der Waals surface area (Å²) >= 11 is 3.66. The third kappa shape index (κ3) is 4.17. The van der Waals surface area contributed by atoms with Crippen molar-refractivity contribution in [2.24, 2.45) is 5.92 Å². The second-order valence-corrected chi connectivity index (χ2v) is 8.06. The Morgan fingerprint density at radius 2 is 1.85 bits per heavy atom. The standard InChI is InChI=1S/C21H26BrN3O2/c1-13(2)17-7-6-15(21(24-17)27-5)18-8-9-19-20(23-18)16(22)11-25(19)10-14(3)12-26-4/h6-9,11,13-14H,10,12H2,1-5H3/t14-/m0/s1. The van der Waals surface area contributed by atoms with Crippen LogP contribution in [0.3, 0.4) is 0 Å². The van der Waals surface area contributed by atoms with E-state index in [-0.39, 0.29) is 0 Å². The summed E-state index contributed by atoms with van der Waals surface area (Å²) in [6.45, 7) is 8.03. The van der Waals surface area contributed by atoms with Crippen LogP contribution in [0.1, 0.15) is 32.4 Å². The molecule has 0 saturated heterocycles. The van der Waals surface area contributed by atoms with Crippen LogP contribution in [-0.4, -0.2) is 35.4 Å². The zero-order valence-corrected chi connectivity index (χ0v) is 18.1. The summed E-state index contributed by atoms with van der Waals surface area (Å²) in [7, 11) is 3.39. The minimum atomic E-state index is 0.348. The molecule has 0 bridgehead atoms. The number of halogens is 1. The molecule has 0 saturated carbocycles. The van der Waals surface area contributed by atoms with Gasteiger partial charge >= 0.3 is 0 Å². The molecule has 0 aliphatic rings. The first kappa shape index (κ1) is 19.8. The molecule has 0 unspecified atom stereocenters. The van der Waals surface area contributed by atoms with Crippen LogP contribution >= 0.6 is 15.9 Å². The second kappa shape index (κ2) is 8.40. The number of rotatable bonds is 7. The van der Waals surface area contributed by atoms with Gasteiger partial charge in [0.25, 0.3) is 0 Å². The third-order valence-corrected chi connectivity index (χ3v) is 5.16. The lowest BCUT2D eigenvalue weighted by Crippen LogP contribution is -2.11. The Hall–Kier alpha value is -1.92. The minimum Gasteiger partial charge on any atom is -0.480 e. The van der Waals surface area contributed by atoms with Crippen molar-refractivity contribution < 1.29 is 9.47 Å². The highest BCUT2D eigenvalue weighted by Crippen LogP contribution is 2.32. The van der Waals surface area contributed by atoms with Gasteiger partial charge in [-0.1, -0.05) is 20.8 Å². The van der Waals surface area contributed by atoms with Crippen molar-refractivity contribution in [1.82, 2.24) is 14.5 Å². The van der Waals surface area contributed by atoms with Gasteiger partial charge in [0, 0.05) is 25.5 Å². The molecule has 27 heavy (non-hydrogen) atoms. The summed E-state index contributed by atoms with van der Waals surface area (Å²) in [4.78, 5) is 9.52. The molecule has 0 fully saturated rings. The number of hydrogen-bond donors (Lipinski definition) is 0. The highest BCUT2D eigenvalue weighted by atomic mass is 79.9. The van der Waals surface area contributed by atoms with E-state index in [1.807, 2.05) is 18.2 Å². The molecule has 0 N–H and O–H groups in total. The maximum atomic E-state index is 5.54. The Kier molecular flexibility index (Phi) is 6.17. The van der Waals surface area contributed by atoms with Crippen molar-refractivity contribution in [3.63, 3.8) is 0 Å². The van der Waals surface area contributed by atoms with E-state index in [1.54, 1.807) is 14.2 Å². The molecule has 3 heterocycles. The number of nitrogens with zero attached hydrogens (tertiary/aromatic N) is 3. The summed E-state index contributed by atoms with van der Waals surface area (Å²) in [5.74, 6) is 1.38. The molecule has 0 spiro atoms. The third-order valence-electron chi connectivity index (χ3n) is 4.58. The molecule has 0 aromatic carbocycles. The largest absolute Gasteiger partial charge is 0.480 e. The molecular weight excluding hydrogens is 406 g/mol. The molecule has 0 aliphatic carbocycles. The van der Waals surface area contributed by atoms with E-state index in [1.165, 1.54) is 0 Å². The summed E-state index contributed by atoms with van der Waals surface area (Å²) in [5, 5.41) is 0. The Labute approximate surface area is 168 Å². The van der Waals surface area contributed by atoms with Crippen molar-refractivity contribution in [2.75, 3.05) is 20.8 Å². The molecular formula is C21H26BrN3O2. The summed E-state index contributed by atoms with van der Waals surface area (Å²) in [6.07, 6.45) is 2.09. The normalized spacial score (nSPS) is 12.7. The van der Waals surface area contributed by atoms with Crippen LogP contribution in [0.5, 0.6) is 5.88 Å². The topological polar surface area (TPSA) is 49.2 Å². The lowest BCUT2D eigenvalue weighted by molar-refractivity contribution is 0.152. The molecule has 1 atom stereocenters. The number of aromatic nitrogens is 3. The van der Waals surface area contributed by atoms with E-state index >= 15 is 0 Å². The highest BCUT2D eigenvalue weighted by molar-refractivity contribution is 9.10. The molecule has 3 aromatic rings. The molecule has 6 heteroatoms. The van der Waals surface area contributed by atoms with Crippen molar-refractivity contribution in [3.8, 4) is 17.1 Å². The van der Waals surface area contributed by atoms with E-state index in [9.17, 15) is 0 Å². The smallest absolute Gasteiger partial charge is 0.222 e. The zero-order chi connectivity index (χ0) is 19.6. The van der Waals surface area contributed by atoms with E-state index in [0.29, 0.717) is 17.7 Å². The lowest BCUT2D eigenvalue weighted by atomic mass is 10.1. The van der Waals surface area contributed by atoms with E-state index in [0.717, 1.165) is 45.6 Å². The van der Waals surface area contributed by atoms with Crippen molar-refractivity contribution in [1.29, 1.82) is 0 Å². The zero-order valence-electron chi connectivity index (χ0n) is 16.5. The van der Waals surface area contributed by atoms with E-state index < -0.39 is 0 Å². The molecule has 0 radical (unpaired) electrons. The van der Waals surface area contributed by atoms with Crippen molar-refractivity contribution >= 4 is 27.0 Å². The van der Waals surface area contributed by atoms with Gasteiger partial charge in [-0.15, -0.1) is 0 Å². The van der Waals surface area contributed by atoms with Crippen LogP contribution < -0.4 is 4.74 Å². The van der Waals surface area contributed by atoms with Gasteiger partial charge in [0.2, 0.25) is 5.88 Å². The first-order chi connectivity index (χ1) is 12.9. The Balaban J connectivity index is 2.01. The second-order valence-electron chi connectivity index (χ2n) is 7.20. The van der Waals surface area contributed by atoms with Crippen LogP contribution in [-0.2, 0) is 11.3 Å². The summed E-state index contributed by atoms with van der Waals surface area (Å²) in [5.41, 5.74) is 4.80. The summed E-state index contributed by atoms with van der Waals surface area (Å²) < 4.78 is 14.0. The van der Waals surface area contributed by atoms with Crippen LogP contribution in [0.2, 0.25) is 0 Å². The maximum absolute atomic E-state index is 5.54. The minimum absolute atomic E-state index is 0.348. The number of hydrogen-bond acceptors (Lipinski definition) is 4. The van der Waals surface area contributed by atoms with Crippen molar-refractivity contribution in [3.05, 3.63) is 40.6 Å². The average Bonchev–Trinajstić information content (AvgIpc) is 2.96. The van der Waals surface area contributed by atoms with Crippen LogP contribution in [0.4, 0.5) is 0 Å². The van der Waals surface area contributed by atoms with Gasteiger partial charge < -0.3 is 14.0 Å². The van der Waals surface area contributed by atoms with E-state index in [4.69, 9.17) is 14.5 Å². The quantitative estimate of drug-likeness (QED) is 0.510. The van der Waals surface area contributed by atoms with Gasteiger partial charge in [-0.25, -0.2) is 9.97 Å². The van der Waals surface area contributed by atoms with Crippen LogP contribution in [0.15, 0.2) is 34.9 Å². The van der Waals surface area contributed by atoms with Crippen LogP contribution in [0.25, 0.3) is 22.3 Å². The van der Waals surface area contributed by atoms with Gasteiger partial charge in [0.05, 0.1) is 35.0 Å². The fraction of sp³-hybridized carbons (Fsp3) is 0.429. The maximum Gasteiger partial charge on any atom is 0.222 e. The monoisotopic (exact) mass is 431 g/mol. The Morgan fingerprint density at radius 3 is 2.52 bits per heavy atom. The van der Waals surface area contributed by atoms with Gasteiger partial charge in [-0.2, -0.15) is 0 Å². The first-order valence-corrected chi connectivity index (χ1v) is 9.93. The summed E-state index contributed by atoms with van der Waals surface area (Å²) in [6, 6.07) is 8.22. The Bertz CT molecular complexity index is 937.